The Morgan fingerprint density at radius 3 is 2.50 bits per heavy atom. The molecule has 1 N–H and O–H groups in total. The molecule has 0 aliphatic rings. The molecule has 0 fully saturated rings. The molecule has 0 radical (unpaired) electrons. The van der Waals surface area contributed by atoms with Crippen LogP contribution < -0.4 is 5.32 Å². The number of amides is 1. The van der Waals surface area contributed by atoms with Crippen molar-refractivity contribution in [2.75, 3.05) is 11.6 Å². The first kappa shape index (κ1) is 17.5. The normalized spacial score (nSPS) is 11.3. The molecule has 2 heterocycles. The van der Waals surface area contributed by atoms with Gasteiger partial charge in [0.25, 0.3) is 0 Å². The zero-order valence-corrected chi connectivity index (χ0v) is 17.1. The molecule has 0 saturated carbocycles. The van der Waals surface area contributed by atoms with Crippen molar-refractivity contribution in [2.45, 2.75) is 24.6 Å². The number of aryl methyl sites for hydroxylation is 2. The second-order valence-corrected chi connectivity index (χ2v) is 9.16. The van der Waals surface area contributed by atoms with Crippen LogP contribution in [0.1, 0.15) is 16.7 Å². The number of hydrogen-bond acceptors (Lipinski definition) is 6. The summed E-state index contributed by atoms with van der Waals surface area (Å²) in [4.78, 5) is 21.6. The molecule has 0 bridgehead atoms. The lowest BCUT2D eigenvalue weighted by Crippen LogP contribution is -2.14. The number of nitrogens with one attached hydrogen (secondary N) is 1. The predicted molar refractivity (Wildman–Crippen MR) is 113 cm³/mol. The van der Waals surface area contributed by atoms with Crippen molar-refractivity contribution in [3.8, 4) is 0 Å². The Labute approximate surface area is 163 Å². The highest BCUT2D eigenvalue weighted by molar-refractivity contribution is 8.00. The number of carbonyl (C=O) groups excluding carboxylic acids is 1. The summed E-state index contributed by atoms with van der Waals surface area (Å²) in [5, 5.41) is 3.59. The van der Waals surface area contributed by atoms with Crippen LogP contribution >= 0.6 is 34.4 Å². The molecule has 132 valence electrons. The Morgan fingerprint density at radius 1 is 1.04 bits per heavy atom. The lowest BCUT2D eigenvalue weighted by atomic mass is 10.0. The van der Waals surface area contributed by atoms with Crippen LogP contribution in [-0.4, -0.2) is 22.1 Å². The van der Waals surface area contributed by atoms with E-state index in [9.17, 15) is 4.79 Å². The number of hydrogen-bond donors (Lipinski definition) is 1. The molecule has 2 aromatic carbocycles. The highest BCUT2D eigenvalue weighted by atomic mass is 32.2. The number of benzene rings is 2. The molecule has 0 spiro atoms. The maximum Gasteiger partial charge on any atom is 0.230 e. The molecule has 4 nitrogen and oxygen atoms in total. The second kappa shape index (κ2) is 6.98. The fourth-order valence-electron chi connectivity index (χ4n) is 2.76. The van der Waals surface area contributed by atoms with Gasteiger partial charge in [0.1, 0.15) is 0 Å². The maximum atomic E-state index is 12.4. The lowest BCUT2D eigenvalue weighted by molar-refractivity contribution is -0.115. The van der Waals surface area contributed by atoms with Gasteiger partial charge in [0.2, 0.25) is 5.91 Å². The van der Waals surface area contributed by atoms with E-state index in [1.165, 1.54) is 22.5 Å². The van der Waals surface area contributed by atoms with Crippen molar-refractivity contribution in [1.82, 2.24) is 9.97 Å². The van der Waals surface area contributed by atoms with Gasteiger partial charge < -0.3 is 5.32 Å². The highest BCUT2D eigenvalue weighted by Crippen LogP contribution is 2.38. The number of fused-ring (bicyclic) bond motifs is 3. The van der Waals surface area contributed by atoms with Gasteiger partial charge in [0.15, 0.2) is 9.47 Å². The fourth-order valence-corrected chi connectivity index (χ4v) is 5.43. The van der Waals surface area contributed by atoms with Crippen LogP contribution in [0.15, 0.2) is 34.7 Å². The van der Waals surface area contributed by atoms with Gasteiger partial charge in [-0.15, -0.1) is 11.3 Å². The average molecular weight is 400 g/mol. The van der Waals surface area contributed by atoms with Crippen molar-refractivity contribution in [3.63, 3.8) is 0 Å². The summed E-state index contributed by atoms with van der Waals surface area (Å²) in [5.41, 5.74) is 5.34. The van der Waals surface area contributed by atoms with E-state index in [0.717, 1.165) is 30.3 Å². The van der Waals surface area contributed by atoms with Gasteiger partial charge in [-0.05, 0) is 48.9 Å². The SMILES string of the molecule is CSc1nc2ccc3nc(NC(=O)Cc4ccc(C)c(C)c4)sc3c2s1. The van der Waals surface area contributed by atoms with Crippen molar-refractivity contribution in [3.05, 3.63) is 47.0 Å². The van der Waals surface area contributed by atoms with Crippen molar-refractivity contribution < 1.29 is 4.79 Å². The fraction of sp³-hybridized carbons (Fsp3) is 0.211. The van der Waals surface area contributed by atoms with Crippen LogP contribution in [0, 0.1) is 13.8 Å². The van der Waals surface area contributed by atoms with Gasteiger partial charge in [-0.25, -0.2) is 9.97 Å². The van der Waals surface area contributed by atoms with Crippen molar-refractivity contribution in [2.24, 2.45) is 0 Å². The highest BCUT2D eigenvalue weighted by Gasteiger charge is 2.13. The summed E-state index contributed by atoms with van der Waals surface area (Å²) < 4.78 is 3.27. The van der Waals surface area contributed by atoms with Crippen LogP contribution in [0.25, 0.3) is 20.4 Å². The molecule has 4 rings (SSSR count). The minimum atomic E-state index is -0.0438. The van der Waals surface area contributed by atoms with Crippen LogP contribution in [0.4, 0.5) is 5.13 Å². The Balaban J connectivity index is 1.58. The van der Waals surface area contributed by atoms with Gasteiger partial charge in [-0.3, -0.25) is 4.79 Å². The molecule has 7 heteroatoms. The largest absolute Gasteiger partial charge is 0.302 e. The monoisotopic (exact) mass is 399 g/mol. The van der Waals surface area contributed by atoms with E-state index in [-0.39, 0.29) is 5.91 Å². The van der Waals surface area contributed by atoms with Gasteiger partial charge in [0, 0.05) is 0 Å². The Hall–Kier alpha value is -1.96. The van der Waals surface area contributed by atoms with Crippen LogP contribution in [0.5, 0.6) is 0 Å². The average Bonchev–Trinajstić information content (AvgIpc) is 3.20. The summed E-state index contributed by atoms with van der Waals surface area (Å²) in [5.74, 6) is -0.0438. The molecule has 2 aromatic heterocycles. The quantitative estimate of drug-likeness (QED) is 0.465. The minimum Gasteiger partial charge on any atom is -0.302 e. The Bertz CT molecular complexity index is 1130. The van der Waals surface area contributed by atoms with Crippen LogP contribution in [-0.2, 0) is 11.2 Å². The van der Waals surface area contributed by atoms with Crippen molar-refractivity contribution in [1.29, 1.82) is 0 Å². The van der Waals surface area contributed by atoms with Gasteiger partial charge in [-0.1, -0.05) is 41.3 Å². The minimum absolute atomic E-state index is 0.0438. The summed E-state index contributed by atoms with van der Waals surface area (Å²) in [6, 6.07) is 10.1. The first-order valence-corrected chi connectivity index (χ1v) is 11.0. The summed E-state index contributed by atoms with van der Waals surface area (Å²) in [6.07, 6.45) is 2.38. The van der Waals surface area contributed by atoms with E-state index >= 15 is 0 Å². The van der Waals surface area contributed by atoms with Gasteiger partial charge >= 0.3 is 0 Å². The lowest BCUT2D eigenvalue weighted by Gasteiger charge is -2.05. The third kappa shape index (κ3) is 3.34. The topological polar surface area (TPSA) is 54.9 Å². The Morgan fingerprint density at radius 2 is 1.77 bits per heavy atom. The summed E-state index contributed by atoms with van der Waals surface area (Å²) >= 11 is 4.83. The number of nitrogens with zero attached hydrogens (tertiary/aromatic N) is 2. The smallest absolute Gasteiger partial charge is 0.230 e. The number of carbonyl (C=O) groups is 1. The molecule has 1 amide bonds. The molecule has 0 aliphatic heterocycles. The number of thiazole rings is 2. The van der Waals surface area contributed by atoms with E-state index in [1.807, 2.05) is 24.5 Å². The van der Waals surface area contributed by atoms with E-state index in [1.54, 1.807) is 23.1 Å². The van der Waals surface area contributed by atoms with E-state index in [0.29, 0.717) is 11.6 Å². The Kier molecular flexibility index (Phi) is 4.69. The van der Waals surface area contributed by atoms with Crippen molar-refractivity contribution >= 4 is 65.9 Å². The van der Waals surface area contributed by atoms with Crippen LogP contribution in [0.3, 0.4) is 0 Å². The van der Waals surface area contributed by atoms with Crippen LogP contribution in [0.2, 0.25) is 0 Å². The zero-order chi connectivity index (χ0) is 18.3. The number of anilines is 1. The summed E-state index contributed by atoms with van der Waals surface area (Å²) in [6.45, 7) is 4.14. The molecular weight excluding hydrogens is 382 g/mol. The third-order valence-corrected chi connectivity index (χ3v) is 7.46. The maximum absolute atomic E-state index is 12.4. The first-order chi connectivity index (χ1) is 12.5. The predicted octanol–water partition coefficient (Wildman–Crippen LogP) is 5.43. The molecule has 0 atom stereocenters. The standard InChI is InChI=1S/C19H17N3OS3/c1-10-4-5-12(8-11(10)2)9-15(23)22-18-20-13-6-7-14-17(16(13)25-18)26-19(21-14)24-3/h4-8H,9H2,1-3H3,(H,20,22,23). The third-order valence-electron chi connectivity index (χ3n) is 4.25. The van der Waals surface area contributed by atoms with E-state index in [2.05, 4.69) is 41.3 Å². The second-order valence-electron chi connectivity index (χ2n) is 6.11. The van der Waals surface area contributed by atoms with Gasteiger partial charge in [-0.2, -0.15) is 0 Å². The number of rotatable bonds is 4. The molecule has 0 unspecified atom stereocenters. The molecule has 0 saturated heterocycles. The molecule has 26 heavy (non-hydrogen) atoms. The summed E-state index contributed by atoms with van der Waals surface area (Å²) in [7, 11) is 0. The van der Waals surface area contributed by atoms with E-state index < -0.39 is 0 Å². The first-order valence-electron chi connectivity index (χ1n) is 8.13. The molecule has 0 aliphatic carbocycles. The van der Waals surface area contributed by atoms with Gasteiger partial charge in [0.05, 0.1) is 26.9 Å². The zero-order valence-electron chi connectivity index (χ0n) is 14.6. The van der Waals surface area contributed by atoms with E-state index in [4.69, 9.17) is 0 Å². The molecule has 4 aromatic rings. The molecular formula is C19H17N3OS3. The number of aromatic nitrogens is 2. The number of thioether (sulfide) groups is 1.